The van der Waals surface area contributed by atoms with E-state index in [0.29, 0.717) is 11.9 Å². The van der Waals surface area contributed by atoms with Crippen LogP contribution in [-0.2, 0) is 6.42 Å². The number of anilines is 2. The zero-order chi connectivity index (χ0) is 10.7. The second-order valence-electron chi connectivity index (χ2n) is 3.87. The first-order chi connectivity index (χ1) is 7.31. The van der Waals surface area contributed by atoms with Crippen molar-refractivity contribution in [2.75, 3.05) is 10.7 Å². The molecule has 5 nitrogen and oxygen atoms in total. The van der Waals surface area contributed by atoms with E-state index in [1.807, 2.05) is 6.07 Å². The highest BCUT2D eigenvalue weighted by molar-refractivity contribution is 5.48. The molecular weight excluding hydrogens is 190 g/mol. The Morgan fingerprint density at radius 1 is 1.40 bits per heavy atom. The van der Waals surface area contributed by atoms with E-state index in [-0.39, 0.29) is 0 Å². The SMILES string of the molecule is CCCc1nc(NN)cc(NC2CC2)n1. The van der Waals surface area contributed by atoms with Gasteiger partial charge in [0.15, 0.2) is 0 Å². The van der Waals surface area contributed by atoms with Crippen LogP contribution in [0.1, 0.15) is 32.0 Å². The first-order valence-electron chi connectivity index (χ1n) is 5.43. The van der Waals surface area contributed by atoms with Crippen molar-refractivity contribution in [3.8, 4) is 0 Å². The molecular formula is C10H17N5. The quantitative estimate of drug-likeness (QED) is 0.501. The summed E-state index contributed by atoms with van der Waals surface area (Å²) in [5.74, 6) is 7.76. The van der Waals surface area contributed by atoms with Gasteiger partial charge in [0.25, 0.3) is 0 Å². The van der Waals surface area contributed by atoms with Gasteiger partial charge in [0.2, 0.25) is 0 Å². The highest BCUT2D eigenvalue weighted by atomic mass is 15.3. The van der Waals surface area contributed by atoms with Crippen molar-refractivity contribution in [2.24, 2.45) is 5.84 Å². The largest absolute Gasteiger partial charge is 0.367 e. The fourth-order valence-corrected chi connectivity index (χ4v) is 1.42. The topological polar surface area (TPSA) is 75.9 Å². The molecule has 1 aliphatic rings. The lowest BCUT2D eigenvalue weighted by Crippen LogP contribution is -2.12. The molecule has 1 heterocycles. The molecule has 0 saturated heterocycles. The number of hydrogen-bond donors (Lipinski definition) is 3. The number of nitrogens with two attached hydrogens (primary N) is 1. The van der Waals surface area contributed by atoms with Crippen LogP contribution in [0.3, 0.4) is 0 Å². The number of aryl methyl sites for hydroxylation is 1. The summed E-state index contributed by atoms with van der Waals surface area (Å²) < 4.78 is 0. The molecule has 82 valence electrons. The van der Waals surface area contributed by atoms with E-state index in [1.54, 1.807) is 0 Å². The molecule has 1 aromatic rings. The molecule has 1 saturated carbocycles. The van der Waals surface area contributed by atoms with E-state index in [9.17, 15) is 0 Å². The van der Waals surface area contributed by atoms with Crippen LogP contribution in [0.2, 0.25) is 0 Å². The van der Waals surface area contributed by atoms with Gasteiger partial charge in [-0.3, -0.25) is 0 Å². The van der Waals surface area contributed by atoms with Crippen molar-refractivity contribution in [1.29, 1.82) is 0 Å². The molecule has 0 atom stereocenters. The Morgan fingerprint density at radius 3 is 2.73 bits per heavy atom. The molecule has 0 spiro atoms. The Balaban J connectivity index is 2.15. The van der Waals surface area contributed by atoms with Gasteiger partial charge in [-0.25, -0.2) is 15.8 Å². The molecule has 4 N–H and O–H groups in total. The highest BCUT2D eigenvalue weighted by Crippen LogP contribution is 2.24. The molecule has 0 bridgehead atoms. The van der Waals surface area contributed by atoms with Gasteiger partial charge in [-0.05, 0) is 19.3 Å². The van der Waals surface area contributed by atoms with Crippen LogP contribution < -0.4 is 16.6 Å². The van der Waals surface area contributed by atoms with Crippen molar-refractivity contribution in [1.82, 2.24) is 9.97 Å². The number of aromatic nitrogens is 2. The molecule has 0 aliphatic heterocycles. The molecule has 1 aliphatic carbocycles. The van der Waals surface area contributed by atoms with Gasteiger partial charge in [-0.1, -0.05) is 6.92 Å². The maximum absolute atomic E-state index is 5.36. The Morgan fingerprint density at radius 2 is 2.13 bits per heavy atom. The maximum atomic E-state index is 5.36. The smallest absolute Gasteiger partial charge is 0.145 e. The predicted molar refractivity (Wildman–Crippen MR) is 60.5 cm³/mol. The molecule has 5 heteroatoms. The highest BCUT2D eigenvalue weighted by Gasteiger charge is 2.21. The van der Waals surface area contributed by atoms with Gasteiger partial charge in [-0.2, -0.15) is 0 Å². The summed E-state index contributed by atoms with van der Waals surface area (Å²) >= 11 is 0. The Kier molecular flexibility index (Phi) is 3.01. The molecule has 2 rings (SSSR count). The minimum atomic E-state index is 0.597. The van der Waals surface area contributed by atoms with E-state index in [0.717, 1.165) is 24.5 Å². The lowest BCUT2D eigenvalue weighted by Gasteiger charge is -2.08. The average Bonchev–Trinajstić information content (AvgIpc) is 3.02. The standard InChI is InChI=1S/C10H17N5/c1-2-3-8-13-9(12-7-4-5-7)6-10(14-8)15-11/h6-7H,2-5,11H2,1H3,(H2,12,13,14,15). The number of nitrogen functional groups attached to an aromatic ring is 1. The average molecular weight is 207 g/mol. The van der Waals surface area contributed by atoms with Gasteiger partial charge in [0.1, 0.15) is 17.5 Å². The van der Waals surface area contributed by atoms with Gasteiger partial charge in [0, 0.05) is 18.5 Å². The maximum Gasteiger partial charge on any atom is 0.145 e. The predicted octanol–water partition coefficient (Wildman–Crippen LogP) is 1.29. The zero-order valence-electron chi connectivity index (χ0n) is 8.95. The molecule has 0 amide bonds. The Bertz CT molecular complexity index is 335. The summed E-state index contributed by atoms with van der Waals surface area (Å²) in [5.41, 5.74) is 2.57. The number of hydrogen-bond acceptors (Lipinski definition) is 5. The van der Waals surface area contributed by atoms with Crippen LogP contribution >= 0.6 is 0 Å². The molecule has 0 unspecified atom stereocenters. The lowest BCUT2D eigenvalue weighted by molar-refractivity contribution is 0.834. The molecule has 0 aromatic carbocycles. The summed E-state index contributed by atoms with van der Waals surface area (Å²) in [7, 11) is 0. The fraction of sp³-hybridized carbons (Fsp3) is 0.600. The van der Waals surface area contributed by atoms with Crippen molar-refractivity contribution >= 4 is 11.6 Å². The van der Waals surface area contributed by atoms with Gasteiger partial charge < -0.3 is 10.7 Å². The van der Waals surface area contributed by atoms with Crippen LogP contribution in [0.25, 0.3) is 0 Å². The minimum Gasteiger partial charge on any atom is -0.367 e. The number of hydrazine groups is 1. The molecule has 15 heavy (non-hydrogen) atoms. The van der Waals surface area contributed by atoms with Crippen LogP contribution in [0, 0.1) is 0 Å². The third-order valence-electron chi connectivity index (χ3n) is 2.32. The van der Waals surface area contributed by atoms with Gasteiger partial charge in [-0.15, -0.1) is 0 Å². The normalized spacial score (nSPS) is 15.1. The first-order valence-corrected chi connectivity index (χ1v) is 5.43. The van der Waals surface area contributed by atoms with E-state index in [1.165, 1.54) is 12.8 Å². The zero-order valence-corrected chi connectivity index (χ0v) is 8.95. The molecule has 0 radical (unpaired) electrons. The van der Waals surface area contributed by atoms with E-state index >= 15 is 0 Å². The van der Waals surface area contributed by atoms with E-state index in [4.69, 9.17) is 5.84 Å². The number of nitrogens with one attached hydrogen (secondary N) is 2. The number of rotatable bonds is 5. The second kappa shape index (κ2) is 4.44. The first kappa shape index (κ1) is 10.2. The van der Waals surface area contributed by atoms with Crippen LogP contribution in [0.5, 0.6) is 0 Å². The summed E-state index contributed by atoms with van der Waals surface area (Å²) in [6.07, 6.45) is 4.39. The fourth-order valence-electron chi connectivity index (χ4n) is 1.42. The summed E-state index contributed by atoms with van der Waals surface area (Å²) in [6.45, 7) is 2.11. The lowest BCUT2D eigenvalue weighted by atomic mass is 10.3. The molecule has 1 fully saturated rings. The van der Waals surface area contributed by atoms with Crippen LogP contribution in [0.15, 0.2) is 6.07 Å². The van der Waals surface area contributed by atoms with E-state index in [2.05, 4.69) is 27.6 Å². The van der Waals surface area contributed by atoms with Gasteiger partial charge in [0.05, 0.1) is 0 Å². The van der Waals surface area contributed by atoms with Crippen LogP contribution in [-0.4, -0.2) is 16.0 Å². The van der Waals surface area contributed by atoms with Crippen molar-refractivity contribution < 1.29 is 0 Å². The minimum absolute atomic E-state index is 0.597. The van der Waals surface area contributed by atoms with Crippen LogP contribution in [0.4, 0.5) is 11.6 Å². The van der Waals surface area contributed by atoms with Crippen molar-refractivity contribution in [2.45, 2.75) is 38.6 Å². The van der Waals surface area contributed by atoms with Crippen molar-refractivity contribution in [3.63, 3.8) is 0 Å². The monoisotopic (exact) mass is 207 g/mol. The summed E-state index contributed by atoms with van der Waals surface area (Å²) in [4.78, 5) is 8.72. The summed E-state index contributed by atoms with van der Waals surface area (Å²) in [6, 6.07) is 2.44. The molecule has 1 aromatic heterocycles. The van der Waals surface area contributed by atoms with E-state index < -0.39 is 0 Å². The van der Waals surface area contributed by atoms with Crippen molar-refractivity contribution in [3.05, 3.63) is 11.9 Å². The summed E-state index contributed by atoms with van der Waals surface area (Å²) in [5, 5.41) is 3.34. The third-order valence-corrected chi connectivity index (χ3v) is 2.32. The Hall–Kier alpha value is -1.36. The third kappa shape index (κ3) is 2.79. The number of nitrogens with zero attached hydrogens (tertiary/aromatic N) is 2. The Labute approximate surface area is 89.5 Å². The van der Waals surface area contributed by atoms with Gasteiger partial charge >= 0.3 is 0 Å². The second-order valence-corrected chi connectivity index (χ2v) is 3.87.